The van der Waals surface area contributed by atoms with Crippen LogP contribution in [0.1, 0.15) is 13.3 Å². The molecule has 0 aliphatic heterocycles. The van der Waals surface area contributed by atoms with Gasteiger partial charge in [0.1, 0.15) is 11.7 Å². The largest absolute Gasteiger partial charge is 0.394 e. The van der Waals surface area contributed by atoms with Gasteiger partial charge >= 0.3 is 16.2 Å². The first-order chi connectivity index (χ1) is 13.0. The van der Waals surface area contributed by atoms with E-state index in [1.807, 2.05) is 6.92 Å². The van der Waals surface area contributed by atoms with E-state index in [9.17, 15) is 10.1 Å². The van der Waals surface area contributed by atoms with E-state index in [1.54, 1.807) is 29.7 Å². The van der Waals surface area contributed by atoms with Crippen LogP contribution < -0.4 is 5.49 Å². The van der Waals surface area contributed by atoms with Crippen LogP contribution in [-0.2, 0) is 31.0 Å². The molecular formula is C13H18N8O6S. The smallest absolute Gasteiger partial charge is 0.358 e. The molecule has 3 heterocycles. The van der Waals surface area contributed by atoms with Crippen LogP contribution in [-0.4, -0.2) is 51.3 Å². The maximum absolute atomic E-state index is 11.0. The number of aromatic nitrogens is 6. The van der Waals surface area contributed by atoms with E-state index in [2.05, 4.69) is 15.1 Å². The van der Waals surface area contributed by atoms with Gasteiger partial charge in [-0.3, -0.25) is 14.5 Å². The van der Waals surface area contributed by atoms with Gasteiger partial charge in [-0.25, -0.2) is 19.2 Å². The Labute approximate surface area is 158 Å². The van der Waals surface area contributed by atoms with Crippen molar-refractivity contribution in [2.75, 3.05) is 0 Å². The summed E-state index contributed by atoms with van der Waals surface area (Å²) in [5.41, 5.74) is 1.23. The number of rotatable bonds is 4. The standard InChI is InChI=1S/C13H16N8O2.H2O4S/c1-4-5-20-7-16-12-9(11(20)14)10(17-19(12)3)13-15-6-8(18(13)2)21(22)23;1-5(2,3)4/h6-7,14H,4-5H2,1-3H3;(H2,1,2,3,4). The van der Waals surface area contributed by atoms with Crippen LogP contribution in [0.4, 0.5) is 5.82 Å². The minimum atomic E-state index is -4.67. The zero-order valence-electron chi connectivity index (χ0n) is 15.1. The van der Waals surface area contributed by atoms with Gasteiger partial charge in [-0.1, -0.05) is 6.92 Å². The molecule has 0 spiro atoms. The molecule has 3 rings (SSSR count). The highest BCUT2D eigenvalue weighted by Crippen LogP contribution is 2.25. The van der Waals surface area contributed by atoms with Crippen molar-refractivity contribution in [2.45, 2.75) is 19.9 Å². The third-order valence-corrected chi connectivity index (χ3v) is 3.69. The number of hydrogen-bond donors (Lipinski definition) is 3. The van der Waals surface area contributed by atoms with Crippen molar-refractivity contribution in [3.63, 3.8) is 0 Å². The Morgan fingerprint density at radius 2 is 1.89 bits per heavy atom. The quantitative estimate of drug-likeness (QED) is 0.306. The molecule has 0 amide bonds. The molecular weight excluding hydrogens is 396 g/mol. The highest BCUT2D eigenvalue weighted by atomic mass is 32.3. The molecule has 0 saturated carbocycles. The Kier molecular flexibility index (Phi) is 5.91. The molecule has 0 aliphatic carbocycles. The van der Waals surface area contributed by atoms with Gasteiger partial charge in [0, 0.05) is 13.6 Å². The molecule has 3 aromatic rings. The first-order valence-electron chi connectivity index (χ1n) is 7.78. The van der Waals surface area contributed by atoms with E-state index >= 15 is 0 Å². The molecule has 152 valence electrons. The Bertz CT molecular complexity index is 1180. The van der Waals surface area contributed by atoms with Crippen LogP contribution in [0, 0.1) is 15.5 Å². The summed E-state index contributed by atoms with van der Waals surface area (Å²) >= 11 is 0. The van der Waals surface area contributed by atoms with E-state index in [0.717, 1.165) is 6.42 Å². The number of hydrogen-bond acceptors (Lipinski definition) is 8. The lowest BCUT2D eigenvalue weighted by Gasteiger charge is -2.04. The average molecular weight is 414 g/mol. The third-order valence-electron chi connectivity index (χ3n) is 3.69. The fourth-order valence-electron chi connectivity index (χ4n) is 2.56. The number of aryl methyl sites for hydroxylation is 2. The number of nitrogens with zero attached hydrogens (tertiary/aromatic N) is 7. The van der Waals surface area contributed by atoms with E-state index in [0.29, 0.717) is 29.1 Å². The van der Waals surface area contributed by atoms with E-state index in [1.165, 1.54) is 10.8 Å². The number of nitrogens with one attached hydrogen (secondary N) is 1. The average Bonchev–Trinajstić information content (AvgIpc) is 3.09. The monoisotopic (exact) mass is 414 g/mol. The lowest BCUT2D eigenvalue weighted by Crippen LogP contribution is -2.21. The number of fused-ring (bicyclic) bond motifs is 1. The predicted octanol–water partition coefficient (Wildman–Crippen LogP) is 0.315. The molecule has 0 aliphatic rings. The summed E-state index contributed by atoms with van der Waals surface area (Å²) in [4.78, 5) is 19.0. The zero-order valence-corrected chi connectivity index (χ0v) is 16.0. The van der Waals surface area contributed by atoms with Gasteiger partial charge in [0.15, 0.2) is 11.3 Å². The summed E-state index contributed by atoms with van der Waals surface area (Å²) in [6.07, 6.45) is 3.67. The van der Waals surface area contributed by atoms with Crippen molar-refractivity contribution < 1.29 is 22.4 Å². The molecule has 0 unspecified atom stereocenters. The zero-order chi connectivity index (χ0) is 21.2. The molecule has 28 heavy (non-hydrogen) atoms. The third kappa shape index (κ3) is 4.38. The van der Waals surface area contributed by atoms with E-state index in [-0.39, 0.29) is 11.3 Å². The molecule has 14 nitrogen and oxygen atoms in total. The van der Waals surface area contributed by atoms with E-state index < -0.39 is 15.3 Å². The van der Waals surface area contributed by atoms with Gasteiger partial charge in [-0.2, -0.15) is 13.5 Å². The highest BCUT2D eigenvalue weighted by Gasteiger charge is 2.24. The lowest BCUT2D eigenvalue weighted by molar-refractivity contribution is -0.391. The number of imidazole rings is 1. The molecule has 15 heteroatoms. The summed E-state index contributed by atoms with van der Waals surface area (Å²) in [6.45, 7) is 2.68. The van der Waals surface area contributed by atoms with Gasteiger partial charge in [0.2, 0.25) is 5.82 Å². The van der Waals surface area contributed by atoms with Crippen LogP contribution >= 0.6 is 0 Å². The SMILES string of the molecule is CCCn1cnc2c(c(-c3ncc([N+](=O)[O-])n3C)nn2C)c1=N.O=S(=O)(O)O. The molecule has 0 fully saturated rings. The van der Waals surface area contributed by atoms with Crippen LogP contribution in [0.2, 0.25) is 0 Å². The normalized spacial score (nSPS) is 11.3. The van der Waals surface area contributed by atoms with Crippen molar-refractivity contribution >= 4 is 27.3 Å². The van der Waals surface area contributed by atoms with Crippen molar-refractivity contribution in [1.82, 2.24) is 28.9 Å². The second kappa shape index (κ2) is 7.83. The van der Waals surface area contributed by atoms with Crippen molar-refractivity contribution in [3.8, 4) is 11.5 Å². The fraction of sp³-hybridized carbons (Fsp3) is 0.385. The Balaban J connectivity index is 0.000000500. The summed E-state index contributed by atoms with van der Waals surface area (Å²) in [6, 6.07) is 0. The Morgan fingerprint density at radius 1 is 1.29 bits per heavy atom. The molecule has 0 bridgehead atoms. The predicted molar refractivity (Wildman–Crippen MR) is 95.7 cm³/mol. The summed E-state index contributed by atoms with van der Waals surface area (Å²) in [5.74, 6) is 0.211. The van der Waals surface area contributed by atoms with E-state index in [4.69, 9.17) is 22.9 Å². The highest BCUT2D eigenvalue weighted by molar-refractivity contribution is 7.79. The van der Waals surface area contributed by atoms with Crippen LogP contribution in [0.5, 0.6) is 0 Å². The summed E-state index contributed by atoms with van der Waals surface area (Å²) in [7, 11) is -1.39. The van der Waals surface area contributed by atoms with Gasteiger partial charge in [-0.05, 0) is 11.3 Å². The minimum absolute atomic E-state index is 0.129. The first-order valence-corrected chi connectivity index (χ1v) is 9.18. The van der Waals surface area contributed by atoms with Crippen molar-refractivity contribution in [2.24, 2.45) is 14.1 Å². The van der Waals surface area contributed by atoms with Gasteiger partial charge in [0.05, 0.1) is 18.8 Å². The van der Waals surface area contributed by atoms with Crippen LogP contribution in [0.15, 0.2) is 12.5 Å². The molecule has 0 saturated heterocycles. The maximum Gasteiger partial charge on any atom is 0.394 e. The second-order valence-corrected chi connectivity index (χ2v) is 6.56. The maximum atomic E-state index is 11.0. The Morgan fingerprint density at radius 3 is 2.39 bits per heavy atom. The van der Waals surface area contributed by atoms with Crippen molar-refractivity contribution in [1.29, 1.82) is 5.41 Å². The topological polar surface area (TPSA) is 195 Å². The van der Waals surface area contributed by atoms with Crippen LogP contribution in [0.25, 0.3) is 22.6 Å². The molecule has 0 aromatic carbocycles. The number of nitro groups is 1. The second-order valence-electron chi connectivity index (χ2n) is 5.66. The molecule has 3 aromatic heterocycles. The van der Waals surface area contributed by atoms with Gasteiger partial charge in [0.25, 0.3) is 0 Å². The molecule has 0 atom stereocenters. The van der Waals surface area contributed by atoms with Crippen molar-refractivity contribution in [3.05, 3.63) is 28.1 Å². The van der Waals surface area contributed by atoms with Crippen LogP contribution in [0.3, 0.4) is 0 Å². The minimum Gasteiger partial charge on any atom is -0.358 e. The first kappa shape index (κ1) is 21.1. The summed E-state index contributed by atoms with van der Waals surface area (Å²) < 4.78 is 36.2. The van der Waals surface area contributed by atoms with Gasteiger partial charge in [-0.15, -0.1) is 0 Å². The molecule has 3 N–H and O–H groups in total. The lowest BCUT2D eigenvalue weighted by atomic mass is 10.2. The van der Waals surface area contributed by atoms with Gasteiger partial charge < -0.3 is 14.7 Å². The molecule has 0 radical (unpaired) electrons. The Hall–Kier alpha value is -3.17. The fourth-order valence-corrected chi connectivity index (χ4v) is 2.56. The summed E-state index contributed by atoms with van der Waals surface area (Å²) in [5, 5.41) is 24.3.